The van der Waals surface area contributed by atoms with E-state index >= 15 is 0 Å². The van der Waals surface area contributed by atoms with E-state index < -0.39 is 23.7 Å². The standard InChI is InChI=1S/C18H27N3O5/c1-18(2,3)26-17(23)21-9-8-20(11-14(21)16(22)25-5)12-6-7-13(19)15(10-12)24-4/h6-7,10,14H,8-9,11,19H2,1-5H3. The maximum Gasteiger partial charge on any atom is 0.411 e. The number of methoxy groups -OCH3 is 2. The minimum absolute atomic E-state index is 0.291. The lowest BCUT2D eigenvalue weighted by molar-refractivity contribution is -0.147. The summed E-state index contributed by atoms with van der Waals surface area (Å²) < 4.78 is 15.6. The molecular weight excluding hydrogens is 338 g/mol. The minimum atomic E-state index is -0.757. The summed E-state index contributed by atoms with van der Waals surface area (Å²) in [5.41, 5.74) is 6.61. The maximum absolute atomic E-state index is 12.5. The van der Waals surface area contributed by atoms with Crippen LogP contribution in [0, 0.1) is 0 Å². The first-order valence-corrected chi connectivity index (χ1v) is 8.42. The normalized spacial score (nSPS) is 17.7. The van der Waals surface area contributed by atoms with Crippen LogP contribution < -0.4 is 15.4 Å². The highest BCUT2D eigenvalue weighted by Gasteiger charge is 2.38. The van der Waals surface area contributed by atoms with Gasteiger partial charge in [-0.15, -0.1) is 0 Å². The molecule has 1 fully saturated rings. The van der Waals surface area contributed by atoms with Gasteiger partial charge in [0.1, 0.15) is 11.4 Å². The molecule has 1 aliphatic rings. The Hall–Kier alpha value is -2.64. The van der Waals surface area contributed by atoms with E-state index in [-0.39, 0.29) is 0 Å². The molecule has 26 heavy (non-hydrogen) atoms. The lowest BCUT2D eigenvalue weighted by Gasteiger charge is -2.41. The molecule has 0 saturated carbocycles. The van der Waals surface area contributed by atoms with E-state index in [0.717, 1.165) is 5.69 Å². The largest absolute Gasteiger partial charge is 0.495 e. The molecule has 0 bridgehead atoms. The van der Waals surface area contributed by atoms with Crippen LogP contribution in [0.25, 0.3) is 0 Å². The fourth-order valence-electron chi connectivity index (χ4n) is 2.79. The molecule has 144 valence electrons. The molecule has 1 aliphatic heterocycles. The van der Waals surface area contributed by atoms with Crippen molar-refractivity contribution in [3.63, 3.8) is 0 Å². The van der Waals surface area contributed by atoms with Crippen LogP contribution in [-0.2, 0) is 14.3 Å². The summed E-state index contributed by atoms with van der Waals surface area (Å²) in [5, 5.41) is 0. The van der Waals surface area contributed by atoms with Crippen LogP contribution >= 0.6 is 0 Å². The first-order valence-electron chi connectivity index (χ1n) is 8.42. The van der Waals surface area contributed by atoms with E-state index in [2.05, 4.69) is 0 Å². The summed E-state index contributed by atoms with van der Waals surface area (Å²) in [7, 11) is 2.86. The molecule has 1 unspecified atom stereocenters. The van der Waals surface area contributed by atoms with Crippen molar-refractivity contribution in [2.45, 2.75) is 32.4 Å². The van der Waals surface area contributed by atoms with Crippen molar-refractivity contribution < 1.29 is 23.8 Å². The second kappa shape index (κ2) is 7.72. The van der Waals surface area contributed by atoms with E-state index in [4.69, 9.17) is 19.9 Å². The van der Waals surface area contributed by atoms with E-state index in [1.165, 1.54) is 12.0 Å². The van der Waals surface area contributed by atoms with Gasteiger partial charge in [-0.3, -0.25) is 4.90 Å². The molecule has 8 nitrogen and oxygen atoms in total. The summed E-state index contributed by atoms with van der Waals surface area (Å²) in [6.45, 7) is 6.53. The lowest BCUT2D eigenvalue weighted by atomic mass is 10.1. The molecule has 1 aromatic carbocycles. The Balaban J connectivity index is 2.22. The predicted molar refractivity (Wildman–Crippen MR) is 98.4 cm³/mol. The molecule has 1 saturated heterocycles. The van der Waals surface area contributed by atoms with Crippen LogP contribution in [0.15, 0.2) is 18.2 Å². The third-order valence-electron chi connectivity index (χ3n) is 4.06. The molecule has 0 spiro atoms. The summed E-state index contributed by atoms with van der Waals surface area (Å²) in [6, 6.07) is 4.66. The van der Waals surface area contributed by atoms with Gasteiger partial charge < -0.3 is 24.8 Å². The highest BCUT2D eigenvalue weighted by Crippen LogP contribution is 2.29. The van der Waals surface area contributed by atoms with Crippen LogP contribution in [-0.4, -0.2) is 62.5 Å². The second-order valence-corrected chi connectivity index (χ2v) is 7.08. The SMILES string of the molecule is COC(=O)C1CN(c2ccc(N)c(OC)c2)CCN1C(=O)OC(C)(C)C. The highest BCUT2D eigenvalue weighted by molar-refractivity contribution is 5.83. The Morgan fingerprint density at radius 1 is 1.19 bits per heavy atom. The number of carbonyl (C=O) groups excluding carboxylic acids is 2. The number of hydrogen-bond donors (Lipinski definition) is 1. The van der Waals surface area contributed by atoms with Gasteiger partial charge in [0.25, 0.3) is 0 Å². The monoisotopic (exact) mass is 365 g/mol. The van der Waals surface area contributed by atoms with E-state index in [1.807, 2.05) is 17.0 Å². The average molecular weight is 365 g/mol. The van der Waals surface area contributed by atoms with Crippen LogP contribution in [0.5, 0.6) is 5.75 Å². The van der Waals surface area contributed by atoms with Gasteiger partial charge in [0, 0.05) is 31.4 Å². The highest BCUT2D eigenvalue weighted by atomic mass is 16.6. The molecule has 1 heterocycles. The number of rotatable bonds is 3. The Bertz CT molecular complexity index is 671. The molecule has 0 aliphatic carbocycles. The Kier molecular flexibility index (Phi) is 5.84. The number of nitrogens with two attached hydrogens (primary N) is 1. The number of benzene rings is 1. The van der Waals surface area contributed by atoms with Gasteiger partial charge in [0.15, 0.2) is 6.04 Å². The van der Waals surface area contributed by atoms with Crippen LogP contribution in [0.1, 0.15) is 20.8 Å². The molecule has 1 amide bonds. The molecule has 0 aromatic heterocycles. The van der Waals surface area contributed by atoms with E-state index in [9.17, 15) is 9.59 Å². The zero-order valence-electron chi connectivity index (χ0n) is 15.9. The summed E-state index contributed by atoms with van der Waals surface area (Å²) >= 11 is 0. The van der Waals surface area contributed by atoms with E-state index in [1.54, 1.807) is 33.9 Å². The van der Waals surface area contributed by atoms with Gasteiger partial charge in [-0.1, -0.05) is 0 Å². The number of anilines is 2. The fourth-order valence-corrected chi connectivity index (χ4v) is 2.79. The number of ether oxygens (including phenoxy) is 3. The van der Waals surface area contributed by atoms with Gasteiger partial charge >= 0.3 is 12.1 Å². The minimum Gasteiger partial charge on any atom is -0.495 e. The summed E-state index contributed by atoms with van der Waals surface area (Å²) in [5.74, 6) is 0.0784. The van der Waals surface area contributed by atoms with Gasteiger partial charge in [0.2, 0.25) is 0 Å². The number of amides is 1. The van der Waals surface area contributed by atoms with Crippen molar-refractivity contribution in [1.29, 1.82) is 0 Å². The van der Waals surface area contributed by atoms with Gasteiger partial charge in [-0.25, -0.2) is 9.59 Å². The van der Waals surface area contributed by atoms with Gasteiger partial charge in [-0.05, 0) is 32.9 Å². The quantitative estimate of drug-likeness (QED) is 0.645. The topological polar surface area (TPSA) is 94.3 Å². The first-order chi connectivity index (χ1) is 12.2. The Morgan fingerprint density at radius 3 is 2.46 bits per heavy atom. The van der Waals surface area contributed by atoms with Crippen molar-refractivity contribution in [2.24, 2.45) is 0 Å². The van der Waals surface area contributed by atoms with Crippen LogP contribution in [0.2, 0.25) is 0 Å². The summed E-state index contributed by atoms with van der Waals surface area (Å²) in [4.78, 5) is 28.1. The molecule has 1 aromatic rings. The molecule has 0 radical (unpaired) electrons. The Labute approximate surface area is 153 Å². The van der Waals surface area contributed by atoms with Gasteiger partial charge in [-0.2, -0.15) is 0 Å². The van der Waals surface area contributed by atoms with Gasteiger partial charge in [0.05, 0.1) is 19.9 Å². The lowest BCUT2D eigenvalue weighted by Crippen LogP contribution is -2.59. The number of esters is 1. The molecule has 1 atom stereocenters. The third-order valence-corrected chi connectivity index (χ3v) is 4.06. The average Bonchev–Trinajstić information content (AvgIpc) is 2.59. The molecule has 2 N–H and O–H groups in total. The zero-order valence-corrected chi connectivity index (χ0v) is 15.9. The summed E-state index contributed by atoms with van der Waals surface area (Å²) in [6.07, 6.45) is -0.526. The van der Waals surface area contributed by atoms with Crippen molar-refractivity contribution in [3.8, 4) is 5.75 Å². The predicted octanol–water partition coefficient (Wildman–Crippen LogP) is 1.88. The van der Waals surface area contributed by atoms with Crippen molar-refractivity contribution in [3.05, 3.63) is 18.2 Å². The third kappa shape index (κ3) is 4.50. The number of nitrogens with zero attached hydrogens (tertiary/aromatic N) is 2. The van der Waals surface area contributed by atoms with E-state index in [0.29, 0.717) is 31.1 Å². The van der Waals surface area contributed by atoms with Crippen molar-refractivity contribution >= 4 is 23.4 Å². The Morgan fingerprint density at radius 2 is 1.88 bits per heavy atom. The van der Waals surface area contributed by atoms with Crippen molar-refractivity contribution in [2.75, 3.05) is 44.5 Å². The molecule has 8 heteroatoms. The zero-order chi connectivity index (χ0) is 19.5. The number of nitrogen functional groups attached to an aromatic ring is 1. The van der Waals surface area contributed by atoms with Crippen LogP contribution in [0.4, 0.5) is 16.2 Å². The van der Waals surface area contributed by atoms with Crippen molar-refractivity contribution in [1.82, 2.24) is 4.90 Å². The smallest absolute Gasteiger partial charge is 0.411 e. The second-order valence-electron chi connectivity index (χ2n) is 7.08. The fraction of sp³-hybridized carbons (Fsp3) is 0.556. The first kappa shape index (κ1) is 19.7. The van der Waals surface area contributed by atoms with Crippen LogP contribution in [0.3, 0.4) is 0 Å². The molecule has 2 rings (SSSR count). The number of hydrogen-bond acceptors (Lipinski definition) is 7. The molecular formula is C18H27N3O5. The maximum atomic E-state index is 12.5. The number of carbonyl (C=O) groups is 2. The number of piperazine rings is 1.